The fraction of sp³-hybridized carbons (Fsp3) is 0.375. The molecule has 0 aromatic carbocycles. The number of aliphatic carboxylic acids is 1. The van der Waals surface area contributed by atoms with Crippen LogP contribution in [0.2, 0.25) is 0 Å². The van der Waals surface area contributed by atoms with Crippen molar-refractivity contribution < 1.29 is 14.3 Å². The zero-order valence-corrected chi connectivity index (χ0v) is 8.17. The molecule has 0 aliphatic carbocycles. The van der Waals surface area contributed by atoms with Gasteiger partial charge in [0.05, 0.1) is 4.47 Å². The van der Waals surface area contributed by atoms with Crippen LogP contribution in [0.1, 0.15) is 25.0 Å². The number of rotatable bonds is 3. The molecule has 1 heterocycles. The van der Waals surface area contributed by atoms with Crippen LogP contribution in [0.15, 0.2) is 21.2 Å². The van der Waals surface area contributed by atoms with Gasteiger partial charge in [0.15, 0.2) is 0 Å². The zero-order valence-electron chi connectivity index (χ0n) is 6.58. The summed E-state index contributed by atoms with van der Waals surface area (Å²) in [7, 11) is 0. The Morgan fingerprint density at radius 2 is 2.50 bits per heavy atom. The lowest BCUT2D eigenvalue weighted by molar-refractivity contribution is -0.139. The first-order chi connectivity index (χ1) is 5.65. The van der Waals surface area contributed by atoms with Gasteiger partial charge in [-0.25, -0.2) is 0 Å². The van der Waals surface area contributed by atoms with Crippen LogP contribution in [0.4, 0.5) is 0 Å². The van der Waals surface area contributed by atoms with Gasteiger partial charge in [-0.2, -0.15) is 0 Å². The van der Waals surface area contributed by atoms with Gasteiger partial charge in [0.2, 0.25) is 0 Å². The molecule has 0 amide bonds. The summed E-state index contributed by atoms with van der Waals surface area (Å²) in [6.07, 6.45) is 2.02. The Hall–Kier alpha value is -0.770. The van der Waals surface area contributed by atoms with E-state index in [-0.39, 0.29) is 0 Å². The number of carboxylic acids is 1. The highest BCUT2D eigenvalue weighted by atomic mass is 79.9. The Bertz CT molecular complexity index is 280. The monoisotopic (exact) mass is 232 g/mol. The molecule has 0 radical (unpaired) electrons. The maximum Gasteiger partial charge on any atom is 0.314 e. The van der Waals surface area contributed by atoms with Gasteiger partial charge in [-0.1, -0.05) is 6.92 Å². The van der Waals surface area contributed by atoms with Crippen molar-refractivity contribution in [2.24, 2.45) is 0 Å². The Labute approximate surface area is 78.5 Å². The fourth-order valence-corrected chi connectivity index (χ4v) is 1.33. The third kappa shape index (κ3) is 1.88. The fourth-order valence-electron chi connectivity index (χ4n) is 1.01. The molecule has 0 spiro atoms. The van der Waals surface area contributed by atoms with Crippen LogP contribution >= 0.6 is 15.9 Å². The SMILES string of the molecule is CCC(C(=O)O)c1cc(Br)co1. The summed E-state index contributed by atoms with van der Waals surface area (Å²) in [5, 5.41) is 8.76. The average molecular weight is 233 g/mol. The highest BCUT2D eigenvalue weighted by Crippen LogP contribution is 2.24. The Balaban J connectivity index is 2.87. The first-order valence-corrected chi connectivity index (χ1v) is 4.41. The van der Waals surface area contributed by atoms with Gasteiger partial charge in [-0.05, 0) is 28.4 Å². The summed E-state index contributed by atoms with van der Waals surface area (Å²) in [6.45, 7) is 1.81. The Morgan fingerprint density at radius 3 is 2.83 bits per heavy atom. The van der Waals surface area contributed by atoms with Crippen LogP contribution in [0, 0.1) is 0 Å². The normalized spacial score (nSPS) is 12.8. The molecule has 66 valence electrons. The first kappa shape index (κ1) is 9.32. The Kier molecular flexibility index (Phi) is 2.92. The number of halogens is 1. The van der Waals surface area contributed by atoms with Gasteiger partial charge in [0.1, 0.15) is 17.9 Å². The lowest BCUT2D eigenvalue weighted by Crippen LogP contribution is -2.09. The van der Waals surface area contributed by atoms with Crippen molar-refractivity contribution in [3.8, 4) is 0 Å². The van der Waals surface area contributed by atoms with Gasteiger partial charge >= 0.3 is 5.97 Å². The van der Waals surface area contributed by atoms with Crippen molar-refractivity contribution in [2.45, 2.75) is 19.3 Å². The molecule has 1 rings (SSSR count). The minimum Gasteiger partial charge on any atom is -0.481 e. The molecule has 3 nitrogen and oxygen atoms in total. The van der Waals surface area contributed by atoms with E-state index in [2.05, 4.69) is 15.9 Å². The molecule has 0 saturated carbocycles. The van der Waals surface area contributed by atoms with Crippen LogP contribution in [-0.2, 0) is 4.79 Å². The standard InChI is InChI=1S/C8H9BrO3/c1-2-6(8(10)11)7-3-5(9)4-12-7/h3-4,6H,2H2,1H3,(H,10,11). The van der Waals surface area contributed by atoms with Crippen LogP contribution in [0.3, 0.4) is 0 Å². The van der Waals surface area contributed by atoms with E-state index in [9.17, 15) is 4.79 Å². The highest BCUT2D eigenvalue weighted by Gasteiger charge is 2.20. The Morgan fingerprint density at radius 1 is 1.83 bits per heavy atom. The van der Waals surface area contributed by atoms with Gasteiger partial charge in [-0.15, -0.1) is 0 Å². The molecule has 1 aromatic rings. The number of hydrogen-bond donors (Lipinski definition) is 1. The van der Waals surface area contributed by atoms with E-state index in [1.54, 1.807) is 6.07 Å². The predicted molar refractivity (Wildman–Crippen MR) is 47.1 cm³/mol. The van der Waals surface area contributed by atoms with Crippen molar-refractivity contribution in [2.75, 3.05) is 0 Å². The smallest absolute Gasteiger partial charge is 0.314 e. The van der Waals surface area contributed by atoms with E-state index in [1.165, 1.54) is 6.26 Å². The first-order valence-electron chi connectivity index (χ1n) is 3.62. The quantitative estimate of drug-likeness (QED) is 0.872. The van der Waals surface area contributed by atoms with Gasteiger partial charge in [0.25, 0.3) is 0 Å². The van der Waals surface area contributed by atoms with Gasteiger partial charge in [0, 0.05) is 0 Å². The molecule has 4 heteroatoms. The van der Waals surface area contributed by atoms with Crippen LogP contribution in [0.25, 0.3) is 0 Å². The number of furan rings is 1. The third-order valence-corrected chi connectivity index (χ3v) is 2.05. The molecule has 0 aliphatic rings. The lowest BCUT2D eigenvalue weighted by atomic mass is 10.0. The number of hydrogen-bond acceptors (Lipinski definition) is 2. The van der Waals surface area contributed by atoms with E-state index in [0.29, 0.717) is 12.2 Å². The van der Waals surface area contributed by atoms with Gasteiger partial charge in [-0.3, -0.25) is 4.79 Å². The average Bonchev–Trinajstić information content (AvgIpc) is 2.37. The minimum absolute atomic E-state index is 0.497. The molecular formula is C8H9BrO3. The summed E-state index contributed by atoms with van der Waals surface area (Å²) < 4.78 is 5.83. The van der Waals surface area contributed by atoms with Crippen LogP contribution in [0.5, 0.6) is 0 Å². The van der Waals surface area contributed by atoms with E-state index in [1.807, 2.05) is 6.92 Å². The van der Waals surface area contributed by atoms with Crippen LogP contribution < -0.4 is 0 Å². The minimum atomic E-state index is -0.848. The molecule has 0 saturated heterocycles. The van der Waals surface area contributed by atoms with E-state index in [0.717, 1.165) is 4.47 Å². The van der Waals surface area contributed by atoms with Crippen molar-refractivity contribution in [3.63, 3.8) is 0 Å². The summed E-state index contributed by atoms with van der Waals surface area (Å²) in [6, 6.07) is 1.68. The molecule has 1 unspecified atom stereocenters. The van der Waals surface area contributed by atoms with E-state index in [4.69, 9.17) is 9.52 Å². The largest absolute Gasteiger partial charge is 0.481 e. The molecule has 0 fully saturated rings. The summed E-state index contributed by atoms with van der Waals surface area (Å²) in [5.74, 6) is -0.882. The summed E-state index contributed by atoms with van der Waals surface area (Å²) >= 11 is 3.19. The topological polar surface area (TPSA) is 50.4 Å². The summed E-state index contributed by atoms with van der Waals surface area (Å²) in [5.41, 5.74) is 0. The molecular weight excluding hydrogens is 224 g/mol. The van der Waals surface area contributed by atoms with Crippen LogP contribution in [-0.4, -0.2) is 11.1 Å². The maximum absolute atomic E-state index is 10.7. The van der Waals surface area contributed by atoms with Gasteiger partial charge < -0.3 is 9.52 Å². The number of carboxylic acid groups (broad SMARTS) is 1. The second kappa shape index (κ2) is 3.76. The second-order valence-corrected chi connectivity index (χ2v) is 3.38. The highest BCUT2D eigenvalue weighted by molar-refractivity contribution is 9.10. The molecule has 1 N–H and O–H groups in total. The van der Waals surface area contributed by atoms with Crippen molar-refractivity contribution in [3.05, 3.63) is 22.6 Å². The lowest BCUT2D eigenvalue weighted by Gasteiger charge is -2.04. The number of carbonyl (C=O) groups is 1. The molecule has 1 aromatic heterocycles. The van der Waals surface area contributed by atoms with E-state index >= 15 is 0 Å². The zero-order chi connectivity index (χ0) is 9.14. The molecule has 0 bridgehead atoms. The second-order valence-electron chi connectivity index (χ2n) is 2.47. The van der Waals surface area contributed by atoms with Crippen molar-refractivity contribution in [1.29, 1.82) is 0 Å². The molecule has 12 heavy (non-hydrogen) atoms. The summed E-state index contributed by atoms with van der Waals surface area (Å²) in [4.78, 5) is 10.7. The van der Waals surface area contributed by atoms with Crippen molar-refractivity contribution in [1.82, 2.24) is 0 Å². The van der Waals surface area contributed by atoms with E-state index < -0.39 is 11.9 Å². The molecule has 1 atom stereocenters. The molecule has 0 aliphatic heterocycles. The predicted octanol–water partition coefficient (Wildman–Crippen LogP) is 2.62. The third-order valence-electron chi connectivity index (χ3n) is 1.64. The maximum atomic E-state index is 10.7. The van der Waals surface area contributed by atoms with Crippen molar-refractivity contribution >= 4 is 21.9 Å².